The largest absolute Gasteiger partial charge is 0.211 e. The first kappa shape index (κ1) is 7.57. The highest BCUT2D eigenvalue weighted by molar-refractivity contribution is 5.31. The van der Waals surface area contributed by atoms with Crippen molar-refractivity contribution in [1.29, 1.82) is 0 Å². The minimum absolute atomic E-state index is 0.216. The molecule has 1 rings (SSSR count). The fourth-order valence-corrected chi connectivity index (χ4v) is 0.778. The van der Waals surface area contributed by atoms with Crippen LogP contribution in [-0.4, -0.2) is 0 Å². The van der Waals surface area contributed by atoms with Gasteiger partial charge < -0.3 is 0 Å². The summed E-state index contributed by atoms with van der Waals surface area (Å²) in [5.74, 6) is -0.216. The van der Waals surface area contributed by atoms with Crippen LogP contribution in [0.25, 0.3) is 10.4 Å². The lowest BCUT2D eigenvalue weighted by atomic mass is 10.1. The molecule has 0 atom stereocenters. The summed E-state index contributed by atoms with van der Waals surface area (Å²) in [6, 6.07) is 0. The van der Waals surface area contributed by atoms with Crippen molar-refractivity contribution in [2.75, 3.05) is 0 Å². The fraction of sp³-hybridized carbons (Fsp3) is 0.143. The summed E-state index contributed by atoms with van der Waals surface area (Å²) in [6.45, 7) is 0. The topological polar surface area (TPSA) is 48.8 Å². The van der Waals surface area contributed by atoms with Crippen LogP contribution in [0.15, 0.2) is 40.9 Å². The van der Waals surface area contributed by atoms with Gasteiger partial charge >= 0.3 is 0 Å². The molecule has 0 fully saturated rings. The van der Waals surface area contributed by atoms with Crippen LogP contribution in [0.1, 0.15) is 6.42 Å². The average molecular weight is 151 g/mol. The fourth-order valence-electron chi connectivity index (χ4n) is 0.778. The van der Waals surface area contributed by atoms with Gasteiger partial charge in [0.25, 0.3) is 0 Å². The van der Waals surface area contributed by atoms with E-state index in [9.17, 15) is 4.39 Å². The molecule has 0 aromatic heterocycles. The van der Waals surface area contributed by atoms with Crippen LogP contribution in [0.4, 0.5) is 4.39 Å². The maximum absolute atomic E-state index is 12.5. The molecular weight excluding hydrogens is 145 g/mol. The highest BCUT2D eigenvalue weighted by Gasteiger charge is 2.00. The first-order chi connectivity index (χ1) is 5.33. The monoisotopic (exact) mass is 151 g/mol. The molecule has 56 valence electrons. The lowest BCUT2D eigenvalue weighted by molar-refractivity contribution is 0.610. The van der Waals surface area contributed by atoms with Crippen molar-refractivity contribution in [3.05, 3.63) is 46.3 Å². The van der Waals surface area contributed by atoms with Crippen LogP contribution >= 0.6 is 0 Å². The van der Waals surface area contributed by atoms with E-state index in [1.807, 2.05) is 0 Å². The Morgan fingerprint density at radius 2 is 2.55 bits per heavy atom. The van der Waals surface area contributed by atoms with E-state index in [1.165, 1.54) is 12.3 Å². The Kier molecular flexibility index (Phi) is 2.47. The van der Waals surface area contributed by atoms with E-state index in [0.29, 0.717) is 5.57 Å². The third-order valence-electron chi connectivity index (χ3n) is 1.24. The highest BCUT2D eigenvalue weighted by Crippen LogP contribution is 2.18. The number of nitrogens with zero attached hydrogens (tertiary/aromatic N) is 3. The second kappa shape index (κ2) is 3.58. The molecule has 0 amide bonds. The van der Waals surface area contributed by atoms with Gasteiger partial charge in [0.2, 0.25) is 0 Å². The van der Waals surface area contributed by atoms with Crippen molar-refractivity contribution >= 4 is 0 Å². The van der Waals surface area contributed by atoms with E-state index >= 15 is 0 Å². The summed E-state index contributed by atoms with van der Waals surface area (Å²) in [5, 5.41) is 3.20. The summed E-state index contributed by atoms with van der Waals surface area (Å²) in [5.41, 5.74) is 8.63. The normalized spacial score (nSPS) is 19.4. The van der Waals surface area contributed by atoms with Crippen LogP contribution in [0.5, 0.6) is 0 Å². The van der Waals surface area contributed by atoms with Crippen LogP contribution in [0.2, 0.25) is 0 Å². The van der Waals surface area contributed by atoms with Crippen LogP contribution in [-0.2, 0) is 0 Å². The Bertz CT molecular complexity index is 282. The molecule has 0 aromatic carbocycles. The third kappa shape index (κ3) is 2.27. The SMILES string of the molecule is [N-]=[N+]=NC=C1C=CC=C(F)C1. The van der Waals surface area contributed by atoms with Gasteiger partial charge in [-0.15, -0.1) is 0 Å². The number of rotatable bonds is 1. The number of hydrogen-bond donors (Lipinski definition) is 0. The molecule has 3 nitrogen and oxygen atoms in total. The maximum Gasteiger partial charge on any atom is 0.104 e. The molecule has 0 spiro atoms. The van der Waals surface area contributed by atoms with E-state index in [1.54, 1.807) is 12.2 Å². The van der Waals surface area contributed by atoms with Crippen LogP contribution < -0.4 is 0 Å². The molecule has 4 heteroatoms. The zero-order chi connectivity index (χ0) is 8.10. The van der Waals surface area contributed by atoms with Gasteiger partial charge in [-0.25, -0.2) is 4.39 Å². The van der Waals surface area contributed by atoms with Gasteiger partial charge in [0.15, 0.2) is 0 Å². The van der Waals surface area contributed by atoms with Crippen molar-refractivity contribution in [3.63, 3.8) is 0 Å². The highest BCUT2D eigenvalue weighted by atomic mass is 19.1. The summed E-state index contributed by atoms with van der Waals surface area (Å²) in [7, 11) is 0. The standard InChI is InChI=1S/C7H6FN3/c8-7-3-1-2-6(4-7)5-10-11-9/h1-3,5H,4H2. The van der Waals surface area contributed by atoms with Crippen LogP contribution in [0.3, 0.4) is 0 Å². The van der Waals surface area contributed by atoms with Gasteiger partial charge in [-0.3, -0.25) is 0 Å². The van der Waals surface area contributed by atoms with E-state index in [0.717, 1.165) is 0 Å². The van der Waals surface area contributed by atoms with Crippen molar-refractivity contribution < 1.29 is 4.39 Å². The molecular formula is C7H6FN3. The quantitative estimate of drug-likeness (QED) is 0.314. The lowest BCUT2D eigenvalue weighted by Crippen LogP contribution is -1.84. The van der Waals surface area contributed by atoms with E-state index in [4.69, 9.17) is 5.53 Å². The zero-order valence-corrected chi connectivity index (χ0v) is 5.74. The molecule has 11 heavy (non-hydrogen) atoms. The molecule has 0 unspecified atom stereocenters. The Labute approximate surface area is 63.2 Å². The molecule has 0 aliphatic heterocycles. The maximum atomic E-state index is 12.5. The van der Waals surface area contributed by atoms with Crippen molar-refractivity contribution in [2.24, 2.45) is 5.11 Å². The first-order valence-corrected chi connectivity index (χ1v) is 3.09. The predicted octanol–water partition coefficient (Wildman–Crippen LogP) is 2.99. The van der Waals surface area contributed by atoms with Gasteiger partial charge in [-0.05, 0) is 17.2 Å². The van der Waals surface area contributed by atoms with Crippen molar-refractivity contribution in [1.82, 2.24) is 0 Å². The second-order valence-corrected chi connectivity index (χ2v) is 2.06. The summed E-state index contributed by atoms with van der Waals surface area (Å²) in [6.07, 6.45) is 6.20. The number of azide groups is 1. The summed E-state index contributed by atoms with van der Waals surface area (Å²) < 4.78 is 12.5. The second-order valence-electron chi connectivity index (χ2n) is 2.06. The third-order valence-corrected chi connectivity index (χ3v) is 1.24. The first-order valence-electron chi connectivity index (χ1n) is 3.09. The zero-order valence-electron chi connectivity index (χ0n) is 5.74. The minimum Gasteiger partial charge on any atom is -0.211 e. The van der Waals surface area contributed by atoms with E-state index in [2.05, 4.69) is 10.0 Å². The van der Waals surface area contributed by atoms with Crippen LogP contribution in [0, 0.1) is 0 Å². The van der Waals surface area contributed by atoms with Gasteiger partial charge in [0, 0.05) is 17.5 Å². The smallest absolute Gasteiger partial charge is 0.104 e. The van der Waals surface area contributed by atoms with Crippen molar-refractivity contribution in [3.8, 4) is 0 Å². The molecule has 0 saturated heterocycles. The van der Waals surface area contributed by atoms with Crippen molar-refractivity contribution in [2.45, 2.75) is 6.42 Å². The molecule has 1 aliphatic carbocycles. The molecule has 0 heterocycles. The van der Waals surface area contributed by atoms with Gasteiger partial charge in [-0.2, -0.15) is 0 Å². The number of hydrogen-bond acceptors (Lipinski definition) is 1. The molecule has 1 aliphatic rings. The Morgan fingerprint density at radius 1 is 1.73 bits per heavy atom. The molecule has 0 saturated carbocycles. The van der Waals surface area contributed by atoms with Gasteiger partial charge in [0.1, 0.15) is 5.83 Å². The molecule has 0 N–H and O–H groups in total. The summed E-state index contributed by atoms with van der Waals surface area (Å²) >= 11 is 0. The van der Waals surface area contributed by atoms with E-state index < -0.39 is 0 Å². The molecule has 0 bridgehead atoms. The number of allylic oxidation sites excluding steroid dienone is 5. The minimum atomic E-state index is -0.216. The predicted molar refractivity (Wildman–Crippen MR) is 40.2 cm³/mol. The number of halogens is 1. The average Bonchev–Trinajstić information content (AvgIpc) is 2.01. The Morgan fingerprint density at radius 3 is 3.18 bits per heavy atom. The molecule has 0 aromatic rings. The molecule has 0 radical (unpaired) electrons. The summed E-state index contributed by atoms with van der Waals surface area (Å²) in [4.78, 5) is 2.53. The van der Waals surface area contributed by atoms with Gasteiger partial charge in [0.05, 0.1) is 0 Å². The lowest BCUT2D eigenvalue weighted by Gasteiger charge is -2.01. The van der Waals surface area contributed by atoms with Gasteiger partial charge in [-0.1, -0.05) is 17.3 Å². The Hall–Kier alpha value is -1.54. The Balaban J connectivity index is 2.73. The van der Waals surface area contributed by atoms with E-state index in [-0.39, 0.29) is 12.2 Å².